The first-order chi connectivity index (χ1) is 7.33. The largest absolute Gasteiger partial charge is 0.508 e. The van der Waals surface area contributed by atoms with E-state index in [0.717, 1.165) is 24.2 Å². The van der Waals surface area contributed by atoms with Crippen molar-refractivity contribution in [3.8, 4) is 17.0 Å². The van der Waals surface area contributed by atoms with Crippen molar-refractivity contribution in [2.45, 2.75) is 19.4 Å². The molecule has 0 bridgehead atoms. The van der Waals surface area contributed by atoms with Gasteiger partial charge in [0.15, 0.2) is 0 Å². The molecule has 2 heterocycles. The number of imidazole rings is 1. The van der Waals surface area contributed by atoms with Crippen LogP contribution in [-0.2, 0) is 13.0 Å². The predicted molar refractivity (Wildman–Crippen MR) is 57.6 cm³/mol. The number of aromatic nitrogens is 2. The molecule has 0 saturated carbocycles. The molecule has 1 N–H and O–H groups in total. The van der Waals surface area contributed by atoms with Gasteiger partial charge in [0.05, 0.1) is 5.69 Å². The molecule has 0 spiro atoms. The SMILES string of the molecule is Oc1ccc(-c2cn3c(n2)CCC3)cc1. The van der Waals surface area contributed by atoms with Crippen molar-refractivity contribution in [2.24, 2.45) is 0 Å². The smallest absolute Gasteiger partial charge is 0.115 e. The molecule has 3 rings (SSSR count). The van der Waals surface area contributed by atoms with E-state index in [0.29, 0.717) is 5.75 Å². The first kappa shape index (κ1) is 8.53. The Morgan fingerprint density at radius 2 is 2.00 bits per heavy atom. The maximum absolute atomic E-state index is 9.20. The fraction of sp³-hybridized carbons (Fsp3) is 0.250. The summed E-state index contributed by atoms with van der Waals surface area (Å²) in [5.74, 6) is 1.48. The molecule has 1 aliphatic heterocycles. The van der Waals surface area contributed by atoms with E-state index < -0.39 is 0 Å². The van der Waals surface area contributed by atoms with Crippen LogP contribution in [-0.4, -0.2) is 14.7 Å². The first-order valence-corrected chi connectivity index (χ1v) is 5.18. The molecular formula is C12H12N2O. The quantitative estimate of drug-likeness (QED) is 0.766. The van der Waals surface area contributed by atoms with Gasteiger partial charge in [-0.15, -0.1) is 0 Å². The first-order valence-electron chi connectivity index (χ1n) is 5.18. The molecule has 15 heavy (non-hydrogen) atoms. The second kappa shape index (κ2) is 3.12. The number of nitrogens with zero attached hydrogens (tertiary/aromatic N) is 2. The van der Waals surface area contributed by atoms with E-state index in [1.807, 2.05) is 12.1 Å². The minimum absolute atomic E-state index is 0.297. The third-order valence-electron chi connectivity index (χ3n) is 2.82. The van der Waals surface area contributed by atoms with Crippen molar-refractivity contribution in [2.75, 3.05) is 0 Å². The van der Waals surface area contributed by atoms with Crippen molar-refractivity contribution in [3.63, 3.8) is 0 Å². The number of fused-ring (bicyclic) bond motifs is 1. The summed E-state index contributed by atoms with van der Waals surface area (Å²) < 4.78 is 2.21. The summed E-state index contributed by atoms with van der Waals surface area (Å²) in [5, 5.41) is 9.20. The minimum Gasteiger partial charge on any atom is -0.508 e. The Bertz CT molecular complexity index is 463. The minimum atomic E-state index is 0.297. The molecule has 1 aliphatic rings. The number of aryl methyl sites for hydroxylation is 2. The highest BCUT2D eigenvalue weighted by molar-refractivity contribution is 5.59. The van der Waals surface area contributed by atoms with E-state index in [4.69, 9.17) is 0 Å². The molecule has 0 unspecified atom stereocenters. The van der Waals surface area contributed by atoms with Crippen LogP contribution in [0.1, 0.15) is 12.2 Å². The third-order valence-corrected chi connectivity index (χ3v) is 2.82. The number of rotatable bonds is 1. The molecule has 0 saturated heterocycles. The standard InChI is InChI=1S/C12H12N2O/c15-10-5-3-9(4-6-10)11-8-14-7-1-2-12(14)13-11/h3-6,8,15H,1-2,7H2. The van der Waals surface area contributed by atoms with Crippen molar-refractivity contribution < 1.29 is 5.11 Å². The summed E-state index contributed by atoms with van der Waals surface area (Å²) in [4.78, 5) is 4.57. The zero-order valence-corrected chi connectivity index (χ0v) is 8.35. The van der Waals surface area contributed by atoms with Crippen LogP contribution in [0.4, 0.5) is 0 Å². The highest BCUT2D eigenvalue weighted by atomic mass is 16.3. The number of benzene rings is 1. The van der Waals surface area contributed by atoms with Crippen molar-refractivity contribution in [1.29, 1.82) is 0 Å². The van der Waals surface area contributed by atoms with E-state index in [2.05, 4.69) is 15.7 Å². The number of phenolic OH excluding ortho intramolecular Hbond substituents is 1. The molecule has 0 amide bonds. The summed E-state index contributed by atoms with van der Waals surface area (Å²) in [6.45, 7) is 1.08. The van der Waals surface area contributed by atoms with E-state index in [1.54, 1.807) is 12.1 Å². The second-order valence-corrected chi connectivity index (χ2v) is 3.89. The Morgan fingerprint density at radius 1 is 1.20 bits per heavy atom. The monoisotopic (exact) mass is 200 g/mol. The lowest BCUT2D eigenvalue weighted by atomic mass is 10.1. The van der Waals surface area contributed by atoms with Crippen LogP contribution in [0.5, 0.6) is 5.75 Å². The molecule has 2 aromatic rings. The summed E-state index contributed by atoms with van der Waals surface area (Å²) in [6, 6.07) is 7.18. The van der Waals surface area contributed by atoms with Crippen molar-refractivity contribution in [1.82, 2.24) is 9.55 Å². The average molecular weight is 200 g/mol. The zero-order valence-electron chi connectivity index (χ0n) is 8.35. The van der Waals surface area contributed by atoms with Crippen LogP contribution in [0.2, 0.25) is 0 Å². The van der Waals surface area contributed by atoms with E-state index >= 15 is 0 Å². The zero-order chi connectivity index (χ0) is 10.3. The van der Waals surface area contributed by atoms with Crippen LogP contribution in [0, 0.1) is 0 Å². The van der Waals surface area contributed by atoms with E-state index in [1.165, 1.54) is 12.2 Å². The molecule has 0 aliphatic carbocycles. The van der Waals surface area contributed by atoms with Gasteiger partial charge in [-0.3, -0.25) is 0 Å². The van der Waals surface area contributed by atoms with Crippen molar-refractivity contribution >= 4 is 0 Å². The van der Waals surface area contributed by atoms with Gasteiger partial charge in [-0.1, -0.05) is 0 Å². The highest BCUT2D eigenvalue weighted by Gasteiger charge is 2.14. The highest BCUT2D eigenvalue weighted by Crippen LogP contribution is 2.24. The maximum atomic E-state index is 9.20. The molecule has 1 aromatic heterocycles. The molecule has 3 nitrogen and oxygen atoms in total. The van der Waals surface area contributed by atoms with E-state index in [9.17, 15) is 5.11 Å². The second-order valence-electron chi connectivity index (χ2n) is 3.89. The molecule has 0 radical (unpaired) electrons. The molecular weight excluding hydrogens is 188 g/mol. The fourth-order valence-electron chi connectivity index (χ4n) is 2.03. The Kier molecular flexibility index (Phi) is 1.78. The summed E-state index contributed by atoms with van der Waals surface area (Å²) in [7, 11) is 0. The Hall–Kier alpha value is -1.77. The van der Waals surface area contributed by atoms with Gasteiger partial charge in [0.1, 0.15) is 11.6 Å². The van der Waals surface area contributed by atoms with Gasteiger partial charge < -0.3 is 9.67 Å². The topological polar surface area (TPSA) is 38.0 Å². The van der Waals surface area contributed by atoms with Gasteiger partial charge >= 0.3 is 0 Å². The van der Waals surface area contributed by atoms with Gasteiger partial charge in [-0.25, -0.2) is 4.98 Å². The fourth-order valence-corrected chi connectivity index (χ4v) is 2.03. The molecule has 0 atom stereocenters. The van der Waals surface area contributed by atoms with Crippen LogP contribution in [0.3, 0.4) is 0 Å². The van der Waals surface area contributed by atoms with Gasteiger partial charge in [0.2, 0.25) is 0 Å². The van der Waals surface area contributed by atoms with Gasteiger partial charge in [0, 0.05) is 24.7 Å². The normalized spacial score (nSPS) is 14.1. The van der Waals surface area contributed by atoms with E-state index in [-0.39, 0.29) is 0 Å². The van der Waals surface area contributed by atoms with Gasteiger partial charge in [-0.05, 0) is 30.7 Å². The Balaban J connectivity index is 2.02. The summed E-state index contributed by atoms with van der Waals surface area (Å²) in [6.07, 6.45) is 4.38. The van der Waals surface area contributed by atoms with Crippen molar-refractivity contribution in [3.05, 3.63) is 36.3 Å². The lowest BCUT2D eigenvalue weighted by Crippen LogP contribution is -1.87. The lowest BCUT2D eigenvalue weighted by Gasteiger charge is -1.96. The Labute approximate surface area is 88.0 Å². The van der Waals surface area contributed by atoms with Crippen LogP contribution >= 0.6 is 0 Å². The Morgan fingerprint density at radius 3 is 2.73 bits per heavy atom. The van der Waals surface area contributed by atoms with Crippen LogP contribution in [0.15, 0.2) is 30.5 Å². The molecule has 76 valence electrons. The average Bonchev–Trinajstić information content (AvgIpc) is 2.78. The maximum Gasteiger partial charge on any atom is 0.115 e. The molecule has 3 heteroatoms. The number of hydrogen-bond acceptors (Lipinski definition) is 2. The number of hydrogen-bond donors (Lipinski definition) is 1. The summed E-state index contributed by atoms with van der Waals surface area (Å²) >= 11 is 0. The van der Waals surface area contributed by atoms with Gasteiger partial charge in [-0.2, -0.15) is 0 Å². The predicted octanol–water partition coefficient (Wildman–Crippen LogP) is 2.20. The van der Waals surface area contributed by atoms with Crippen LogP contribution < -0.4 is 0 Å². The van der Waals surface area contributed by atoms with Gasteiger partial charge in [0.25, 0.3) is 0 Å². The number of aromatic hydroxyl groups is 1. The lowest BCUT2D eigenvalue weighted by molar-refractivity contribution is 0.475. The van der Waals surface area contributed by atoms with Crippen LogP contribution in [0.25, 0.3) is 11.3 Å². The third kappa shape index (κ3) is 1.40. The molecule has 1 aromatic carbocycles. The summed E-state index contributed by atoms with van der Waals surface area (Å²) in [5.41, 5.74) is 2.07. The molecule has 0 fully saturated rings. The number of phenols is 1.